The van der Waals surface area contributed by atoms with Crippen LogP contribution in [0.25, 0.3) is 0 Å². The molecule has 0 radical (unpaired) electrons. The molecular weight excluding hydrogens is 304 g/mol. The first-order valence-corrected chi connectivity index (χ1v) is 8.20. The Morgan fingerprint density at radius 3 is 2.79 bits per heavy atom. The second-order valence-corrected chi connectivity index (χ2v) is 6.41. The van der Waals surface area contributed by atoms with Gasteiger partial charge in [0.05, 0.1) is 6.61 Å². The molecule has 1 aliphatic rings. The topological polar surface area (TPSA) is 60.3 Å². The average molecular weight is 326 g/mol. The predicted molar refractivity (Wildman–Crippen MR) is 92.3 cm³/mol. The summed E-state index contributed by atoms with van der Waals surface area (Å²) >= 11 is 0. The number of benzene rings is 1. The molecule has 24 heavy (non-hydrogen) atoms. The van der Waals surface area contributed by atoms with E-state index in [1.165, 1.54) is 23.5 Å². The Hall–Kier alpha value is -2.56. The number of carbonyl (C=O) groups is 1. The Morgan fingerprint density at radius 1 is 1.29 bits per heavy atom. The molecule has 1 heterocycles. The fourth-order valence-corrected chi connectivity index (χ4v) is 2.40. The van der Waals surface area contributed by atoms with Crippen molar-refractivity contribution in [3.05, 3.63) is 63.6 Å². The Kier molecular flexibility index (Phi) is 4.69. The van der Waals surface area contributed by atoms with Crippen molar-refractivity contribution in [3.8, 4) is 5.75 Å². The first-order chi connectivity index (χ1) is 11.5. The molecule has 3 rings (SSSR count). The highest BCUT2D eigenvalue weighted by Gasteiger charge is 2.22. The summed E-state index contributed by atoms with van der Waals surface area (Å²) in [4.78, 5) is 23.9. The van der Waals surface area contributed by atoms with Gasteiger partial charge < -0.3 is 14.6 Å². The monoisotopic (exact) mass is 326 g/mol. The third-order valence-corrected chi connectivity index (χ3v) is 4.20. The van der Waals surface area contributed by atoms with Gasteiger partial charge in [-0.05, 0) is 43.4 Å². The van der Waals surface area contributed by atoms with E-state index in [0.29, 0.717) is 18.0 Å². The zero-order valence-corrected chi connectivity index (χ0v) is 14.0. The number of ether oxygens (including phenoxy) is 1. The lowest BCUT2D eigenvalue weighted by molar-refractivity contribution is 0.0950. The zero-order valence-electron chi connectivity index (χ0n) is 14.0. The normalized spacial score (nSPS) is 13.6. The van der Waals surface area contributed by atoms with Crippen LogP contribution in [-0.2, 0) is 13.6 Å². The molecule has 0 bridgehead atoms. The lowest BCUT2D eigenvalue weighted by Gasteiger charge is -2.13. The molecule has 1 saturated carbocycles. The van der Waals surface area contributed by atoms with Gasteiger partial charge in [-0.2, -0.15) is 0 Å². The van der Waals surface area contributed by atoms with E-state index in [-0.39, 0.29) is 11.5 Å². The minimum Gasteiger partial charge on any atom is -0.493 e. The number of nitrogens with zero attached hydrogens (tertiary/aromatic N) is 1. The minimum atomic E-state index is -0.263. The van der Waals surface area contributed by atoms with Crippen molar-refractivity contribution in [1.29, 1.82) is 0 Å². The van der Waals surface area contributed by atoms with Gasteiger partial charge in [0.15, 0.2) is 0 Å². The molecular formula is C19H22N2O3. The van der Waals surface area contributed by atoms with Gasteiger partial charge in [0.25, 0.3) is 11.5 Å². The molecule has 1 aromatic carbocycles. The Balaban J connectivity index is 1.67. The van der Waals surface area contributed by atoms with Gasteiger partial charge in [0.1, 0.15) is 5.75 Å². The number of pyridine rings is 1. The average Bonchev–Trinajstić information content (AvgIpc) is 3.38. The maximum Gasteiger partial charge on any atom is 0.251 e. The van der Waals surface area contributed by atoms with E-state index < -0.39 is 0 Å². The van der Waals surface area contributed by atoms with Crippen LogP contribution >= 0.6 is 0 Å². The zero-order chi connectivity index (χ0) is 17.1. The molecule has 0 spiro atoms. The molecule has 5 nitrogen and oxygen atoms in total. The third-order valence-electron chi connectivity index (χ3n) is 4.20. The highest BCUT2D eigenvalue weighted by Crippen LogP contribution is 2.30. The SMILES string of the molecule is Cc1ccc(CNC(=O)c2ccn(C)c(=O)c2)c(OCC2CC2)c1. The van der Waals surface area contributed by atoms with Crippen LogP contribution in [0.1, 0.15) is 34.3 Å². The van der Waals surface area contributed by atoms with Crippen LogP contribution in [0.3, 0.4) is 0 Å². The molecule has 0 atom stereocenters. The Morgan fingerprint density at radius 2 is 2.08 bits per heavy atom. The fourth-order valence-electron chi connectivity index (χ4n) is 2.40. The lowest BCUT2D eigenvalue weighted by Crippen LogP contribution is -2.26. The van der Waals surface area contributed by atoms with E-state index in [0.717, 1.165) is 23.5 Å². The molecule has 5 heteroatoms. The van der Waals surface area contributed by atoms with E-state index >= 15 is 0 Å². The maximum absolute atomic E-state index is 12.2. The van der Waals surface area contributed by atoms with Crippen molar-refractivity contribution in [2.75, 3.05) is 6.61 Å². The second kappa shape index (κ2) is 6.91. The van der Waals surface area contributed by atoms with E-state index in [1.807, 2.05) is 25.1 Å². The molecule has 0 aliphatic heterocycles. The number of carbonyl (C=O) groups excluding carboxylic acids is 1. The summed E-state index contributed by atoms with van der Waals surface area (Å²) in [5, 5.41) is 2.86. The first kappa shape index (κ1) is 16.3. The third kappa shape index (κ3) is 4.04. The summed E-state index contributed by atoms with van der Waals surface area (Å²) in [6.07, 6.45) is 4.06. The molecule has 1 N–H and O–H groups in total. The Bertz CT molecular complexity index is 806. The minimum absolute atomic E-state index is 0.202. The van der Waals surface area contributed by atoms with Gasteiger partial charge in [-0.15, -0.1) is 0 Å². The van der Waals surface area contributed by atoms with E-state index in [4.69, 9.17) is 4.74 Å². The number of nitrogens with one attached hydrogen (secondary N) is 1. The molecule has 1 aliphatic carbocycles. The van der Waals surface area contributed by atoms with Crippen LogP contribution in [0.15, 0.2) is 41.3 Å². The van der Waals surface area contributed by atoms with Crippen LogP contribution in [-0.4, -0.2) is 17.1 Å². The predicted octanol–water partition coefficient (Wildman–Crippen LogP) is 2.41. The molecule has 1 fully saturated rings. The maximum atomic E-state index is 12.2. The number of rotatable bonds is 6. The van der Waals surface area contributed by atoms with Gasteiger partial charge >= 0.3 is 0 Å². The molecule has 126 valence electrons. The van der Waals surface area contributed by atoms with Gasteiger partial charge in [-0.3, -0.25) is 9.59 Å². The van der Waals surface area contributed by atoms with E-state index in [9.17, 15) is 9.59 Å². The van der Waals surface area contributed by atoms with Crippen LogP contribution in [0, 0.1) is 12.8 Å². The summed E-state index contributed by atoms with van der Waals surface area (Å²) in [6, 6.07) is 8.96. The van der Waals surface area contributed by atoms with E-state index in [1.54, 1.807) is 19.3 Å². The summed E-state index contributed by atoms with van der Waals surface area (Å²) < 4.78 is 7.34. The lowest BCUT2D eigenvalue weighted by atomic mass is 10.1. The van der Waals surface area contributed by atoms with Gasteiger partial charge in [0.2, 0.25) is 0 Å². The number of aromatic nitrogens is 1. The van der Waals surface area contributed by atoms with Crippen molar-refractivity contribution >= 4 is 5.91 Å². The highest BCUT2D eigenvalue weighted by molar-refractivity contribution is 5.93. The Labute approximate surface area is 141 Å². The number of hydrogen-bond acceptors (Lipinski definition) is 3. The van der Waals surface area contributed by atoms with Gasteiger partial charge in [-0.1, -0.05) is 12.1 Å². The largest absolute Gasteiger partial charge is 0.493 e. The van der Waals surface area contributed by atoms with Crippen molar-refractivity contribution in [2.45, 2.75) is 26.3 Å². The summed E-state index contributed by atoms with van der Waals surface area (Å²) in [5.41, 5.74) is 2.23. The molecule has 0 saturated heterocycles. The number of aryl methyl sites for hydroxylation is 2. The van der Waals surface area contributed by atoms with Crippen LogP contribution < -0.4 is 15.6 Å². The summed E-state index contributed by atoms with van der Waals surface area (Å²) in [7, 11) is 1.65. The fraction of sp³-hybridized carbons (Fsp3) is 0.368. The molecule has 2 aromatic rings. The van der Waals surface area contributed by atoms with Gasteiger partial charge in [0, 0.05) is 37.0 Å². The molecule has 1 aromatic heterocycles. The second-order valence-electron chi connectivity index (χ2n) is 6.41. The number of amides is 1. The molecule has 0 unspecified atom stereocenters. The molecule has 1 amide bonds. The van der Waals surface area contributed by atoms with Crippen LogP contribution in [0.5, 0.6) is 5.75 Å². The van der Waals surface area contributed by atoms with Crippen LogP contribution in [0.4, 0.5) is 0 Å². The van der Waals surface area contributed by atoms with Crippen molar-refractivity contribution in [2.24, 2.45) is 13.0 Å². The highest BCUT2D eigenvalue weighted by atomic mass is 16.5. The van der Waals surface area contributed by atoms with E-state index in [2.05, 4.69) is 5.32 Å². The standard InChI is InChI=1S/C19H22N2O3/c1-13-3-6-16(17(9-13)24-12-14-4-5-14)11-20-19(23)15-7-8-21(2)18(22)10-15/h3,6-10,14H,4-5,11-12H2,1-2H3,(H,20,23). The summed E-state index contributed by atoms with van der Waals surface area (Å²) in [6.45, 7) is 3.12. The quantitative estimate of drug-likeness (QED) is 0.887. The first-order valence-electron chi connectivity index (χ1n) is 8.20. The smallest absolute Gasteiger partial charge is 0.251 e. The summed E-state index contributed by atoms with van der Waals surface area (Å²) in [5.74, 6) is 1.24. The van der Waals surface area contributed by atoms with Gasteiger partial charge in [-0.25, -0.2) is 0 Å². The van der Waals surface area contributed by atoms with Crippen molar-refractivity contribution < 1.29 is 9.53 Å². The number of hydrogen-bond donors (Lipinski definition) is 1. The van der Waals surface area contributed by atoms with Crippen molar-refractivity contribution in [3.63, 3.8) is 0 Å². The van der Waals surface area contributed by atoms with Crippen molar-refractivity contribution in [1.82, 2.24) is 9.88 Å². The van der Waals surface area contributed by atoms with Crippen LogP contribution in [0.2, 0.25) is 0 Å².